The second-order valence-electron chi connectivity index (χ2n) is 6.58. The normalized spacial score (nSPS) is 14.3. The molecule has 2 aromatic rings. The lowest BCUT2D eigenvalue weighted by atomic mass is 10.1. The third-order valence-electron chi connectivity index (χ3n) is 4.23. The highest BCUT2D eigenvalue weighted by Crippen LogP contribution is 2.16. The molecule has 1 fully saturated rings. The molecule has 1 aliphatic heterocycles. The summed E-state index contributed by atoms with van der Waals surface area (Å²) in [5, 5.41) is 6.02. The van der Waals surface area contributed by atoms with Crippen LogP contribution >= 0.6 is 0 Å². The zero-order valence-electron chi connectivity index (χ0n) is 15.3. The minimum atomic E-state index is -0.355. The number of hydrogen-bond acceptors (Lipinski definition) is 5. The van der Waals surface area contributed by atoms with Crippen molar-refractivity contribution in [2.75, 3.05) is 26.2 Å². The number of carbonyl (C=O) groups excluding carboxylic acids is 2. The van der Waals surface area contributed by atoms with Crippen molar-refractivity contribution in [1.82, 2.24) is 20.0 Å². The summed E-state index contributed by atoms with van der Waals surface area (Å²) in [5.41, 5.74) is 0.426. The molecular weight excluding hydrogens is 348 g/mol. The summed E-state index contributed by atoms with van der Waals surface area (Å²) in [6.45, 7) is 5.61. The van der Waals surface area contributed by atoms with Gasteiger partial charge in [0.25, 0.3) is 17.4 Å². The Bertz CT molecular complexity index is 848. The van der Waals surface area contributed by atoms with Gasteiger partial charge in [0.1, 0.15) is 11.4 Å². The van der Waals surface area contributed by atoms with Crippen LogP contribution in [0, 0.1) is 0 Å². The lowest BCUT2D eigenvalue weighted by molar-refractivity contribution is 0.0531. The first kappa shape index (κ1) is 18.6. The second-order valence-corrected chi connectivity index (χ2v) is 6.58. The number of nitrogens with one attached hydrogen (secondary N) is 1. The van der Waals surface area contributed by atoms with E-state index in [2.05, 4.69) is 10.2 Å². The number of carbonyl (C=O) groups is 2. The van der Waals surface area contributed by atoms with Crippen LogP contribution in [-0.2, 0) is 0 Å². The third kappa shape index (κ3) is 4.52. The van der Waals surface area contributed by atoms with Gasteiger partial charge in [0, 0.05) is 37.8 Å². The van der Waals surface area contributed by atoms with E-state index in [0.717, 1.165) is 5.75 Å². The van der Waals surface area contributed by atoms with E-state index in [0.29, 0.717) is 31.7 Å². The van der Waals surface area contributed by atoms with Gasteiger partial charge in [-0.1, -0.05) is 0 Å². The number of nitrogens with zero attached hydrogens (tertiary/aromatic N) is 3. The summed E-state index contributed by atoms with van der Waals surface area (Å²) in [5.74, 6) is 0.402. The predicted octanol–water partition coefficient (Wildman–Crippen LogP) is 1.16. The summed E-state index contributed by atoms with van der Waals surface area (Å²) in [6, 6.07) is 9.75. The molecule has 8 nitrogen and oxygen atoms in total. The van der Waals surface area contributed by atoms with Gasteiger partial charge in [0.2, 0.25) is 0 Å². The van der Waals surface area contributed by atoms with Crippen molar-refractivity contribution in [1.29, 1.82) is 0 Å². The average Bonchev–Trinajstić information content (AvgIpc) is 2.68. The maximum Gasteiger partial charge on any atom is 0.274 e. The maximum atomic E-state index is 12.6. The molecule has 1 aliphatic rings. The molecule has 1 N–H and O–H groups in total. The number of piperazine rings is 1. The summed E-state index contributed by atoms with van der Waals surface area (Å²) in [4.78, 5) is 39.5. The van der Waals surface area contributed by atoms with Crippen molar-refractivity contribution in [2.24, 2.45) is 0 Å². The van der Waals surface area contributed by atoms with Crippen LogP contribution in [0.3, 0.4) is 0 Å². The number of aromatic nitrogens is 2. The lowest BCUT2D eigenvalue weighted by Gasteiger charge is -2.34. The first-order chi connectivity index (χ1) is 12.9. The molecule has 1 aromatic heterocycles. The number of benzene rings is 1. The number of amides is 2. The van der Waals surface area contributed by atoms with Crippen LogP contribution in [0.5, 0.6) is 5.75 Å². The van der Waals surface area contributed by atoms with Crippen molar-refractivity contribution in [3.05, 3.63) is 58.0 Å². The summed E-state index contributed by atoms with van der Waals surface area (Å²) < 4.78 is 5.59. The fourth-order valence-corrected chi connectivity index (χ4v) is 2.87. The number of hydrogen-bond donors (Lipinski definition) is 1. The molecule has 2 heterocycles. The SMILES string of the molecule is CC(C)Oc1ccc(C(=O)N2CCN(C(=O)c3ccc(=O)[nH]n3)CC2)cc1. The van der Waals surface area contributed by atoms with E-state index in [1.54, 1.807) is 34.1 Å². The molecule has 0 radical (unpaired) electrons. The summed E-state index contributed by atoms with van der Waals surface area (Å²) in [7, 11) is 0. The van der Waals surface area contributed by atoms with E-state index in [9.17, 15) is 14.4 Å². The zero-order chi connectivity index (χ0) is 19.4. The van der Waals surface area contributed by atoms with Crippen molar-refractivity contribution in [3.8, 4) is 5.75 Å². The largest absolute Gasteiger partial charge is 0.491 e. The highest BCUT2D eigenvalue weighted by atomic mass is 16.5. The quantitative estimate of drug-likeness (QED) is 0.871. The molecule has 0 atom stereocenters. The Kier molecular flexibility index (Phi) is 5.54. The Hall–Kier alpha value is -3.16. The molecule has 1 saturated heterocycles. The van der Waals surface area contributed by atoms with Gasteiger partial charge in [-0.3, -0.25) is 14.4 Å². The van der Waals surface area contributed by atoms with Gasteiger partial charge in [-0.05, 0) is 44.2 Å². The van der Waals surface area contributed by atoms with E-state index in [4.69, 9.17) is 4.74 Å². The molecular formula is C19H22N4O4. The Morgan fingerprint density at radius 1 is 0.963 bits per heavy atom. The standard InChI is InChI=1S/C19H22N4O4/c1-13(2)27-15-5-3-14(4-6-15)18(25)22-9-11-23(12-10-22)19(26)16-7-8-17(24)21-20-16/h3-8,13H,9-12H2,1-2H3,(H,21,24). The zero-order valence-corrected chi connectivity index (χ0v) is 15.3. The van der Waals surface area contributed by atoms with Gasteiger partial charge in [-0.15, -0.1) is 0 Å². The van der Waals surface area contributed by atoms with E-state index in [1.807, 2.05) is 13.8 Å². The van der Waals surface area contributed by atoms with Crippen molar-refractivity contribution < 1.29 is 14.3 Å². The first-order valence-corrected chi connectivity index (χ1v) is 8.85. The van der Waals surface area contributed by atoms with E-state index in [-0.39, 0.29) is 29.2 Å². The molecule has 0 spiro atoms. The Balaban J connectivity index is 1.58. The summed E-state index contributed by atoms with van der Waals surface area (Å²) >= 11 is 0. The van der Waals surface area contributed by atoms with Gasteiger partial charge < -0.3 is 14.5 Å². The fraction of sp³-hybridized carbons (Fsp3) is 0.368. The summed E-state index contributed by atoms with van der Waals surface area (Å²) in [6.07, 6.45) is 0.0779. The minimum Gasteiger partial charge on any atom is -0.491 e. The maximum absolute atomic E-state index is 12.6. The minimum absolute atomic E-state index is 0.0691. The molecule has 2 amide bonds. The predicted molar refractivity (Wildman–Crippen MR) is 98.9 cm³/mol. The Morgan fingerprint density at radius 2 is 1.56 bits per heavy atom. The van der Waals surface area contributed by atoms with Crippen LogP contribution in [-0.4, -0.2) is 64.1 Å². The monoisotopic (exact) mass is 370 g/mol. The topological polar surface area (TPSA) is 95.6 Å². The average molecular weight is 370 g/mol. The van der Waals surface area contributed by atoms with E-state index < -0.39 is 0 Å². The van der Waals surface area contributed by atoms with Gasteiger partial charge in [0.15, 0.2) is 0 Å². The Morgan fingerprint density at radius 3 is 2.07 bits per heavy atom. The number of rotatable bonds is 4. The van der Waals surface area contributed by atoms with E-state index in [1.165, 1.54) is 12.1 Å². The van der Waals surface area contributed by atoms with Crippen LogP contribution < -0.4 is 10.3 Å². The van der Waals surface area contributed by atoms with Crippen LogP contribution in [0.4, 0.5) is 0 Å². The molecule has 0 unspecified atom stereocenters. The molecule has 3 rings (SSSR count). The smallest absolute Gasteiger partial charge is 0.274 e. The van der Waals surface area contributed by atoms with Gasteiger partial charge in [0.05, 0.1) is 6.10 Å². The van der Waals surface area contributed by atoms with Gasteiger partial charge in [-0.25, -0.2) is 5.10 Å². The van der Waals surface area contributed by atoms with Gasteiger partial charge in [-0.2, -0.15) is 5.10 Å². The lowest BCUT2D eigenvalue weighted by Crippen LogP contribution is -2.50. The third-order valence-corrected chi connectivity index (χ3v) is 4.23. The van der Waals surface area contributed by atoms with Crippen LogP contribution in [0.25, 0.3) is 0 Å². The molecule has 142 valence electrons. The molecule has 0 saturated carbocycles. The molecule has 1 aromatic carbocycles. The number of aromatic amines is 1. The molecule has 0 aliphatic carbocycles. The van der Waals surface area contributed by atoms with Crippen molar-refractivity contribution in [3.63, 3.8) is 0 Å². The molecule has 8 heteroatoms. The van der Waals surface area contributed by atoms with Crippen LogP contribution in [0.15, 0.2) is 41.2 Å². The molecule has 27 heavy (non-hydrogen) atoms. The number of ether oxygens (including phenoxy) is 1. The highest BCUT2D eigenvalue weighted by Gasteiger charge is 2.26. The molecule has 0 bridgehead atoms. The second kappa shape index (κ2) is 8.03. The first-order valence-electron chi connectivity index (χ1n) is 8.85. The van der Waals surface area contributed by atoms with Crippen molar-refractivity contribution in [2.45, 2.75) is 20.0 Å². The number of H-pyrrole nitrogens is 1. The van der Waals surface area contributed by atoms with Gasteiger partial charge >= 0.3 is 0 Å². The Labute approximate surface area is 156 Å². The van der Waals surface area contributed by atoms with E-state index >= 15 is 0 Å². The van der Waals surface area contributed by atoms with Crippen LogP contribution in [0.1, 0.15) is 34.7 Å². The highest BCUT2D eigenvalue weighted by molar-refractivity contribution is 5.95. The van der Waals surface area contributed by atoms with Crippen LogP contribution in [0.2, 0.25) is 0 Å². The fourth-order valence-electron chi connectivity index (χ4n) is 2.87. The van der Waals surface area contributed by atoms with Crippen molar-refractivity contribution >= 4 is 11.8 Å².